The van der Waals surface area contributed by atoms with Gasteiger partial charge in [0.25, 0.3) is 0 Å². The van der Waals surface area contributed by atoms with Gasteiger partial charge >= 0.3 is 0 Å². The molecule has 3 N–H and O–H groups in total. The van der Waals surface area contributed by atoms with Crippen LogP contribution < -0.4 is 0 Å². The highest BCUT2D eigenvalue weighted by Gasteiger charge is 2.68. The summed E-state index contributed by atoms with van der Waals surface area (Å²) in [5, 5.41) is 30.4. The molecule has 1 spiro atoms. The summed E-state index contributed by atoms with van der Waals surface area (Å²) in [4.78, 5) is 0. The Labute approximate surface area is 146 Å². The summed E-state index contributed by atoms with van der Waals surface area (Å²) < 4.78 is 6.77. The van der Waals surface area contributed by atoms with Crippen molar-refractivity contribution in [3.63, 3.8) is 0 Å². The topological polar surface area (TPSA) is 69.9 Å². The van der Waals surface area contributed by atoms with Crippen molar-refractivity contribution in [3.05, 3.63) is 0 Å². The molecule has 3 rings (SSSR count). The Balaban J connectivity index is 2.03. The monoisotopic (exact) mass is 340 g/mol. The Morgan fingerprint density at radius 2 is 1.75 bits per heavy atom. The van der Waals surface area contributed by atoms with E-state index >= 15 is 0 Å². The van der Waals surface area contributed by atoms with Crippen LogP contribution in [0.5, 0.6) is 0 Å². The number of rotatable bonds is 3. The summed E-state index contributed by atoms with van der Waals surface area (Å²) in [6, 6.07) is 0. The van der Waals surface area contributed by atoms with E-state index in [1.54, 1.807) is 0 Å². The second-order valence-electron chi connectivity index (χ2n) is 9.75. The highest BCUT2D eigenvalue weighted by molar-refractivity contribution is 5.17. The molecule has 0 aromatic rings. The van der Waals surface area contributed by atoms with Gasteiger partial charge in [0, 0.05) is 18.4 Å². The average Bonchev–Trinajstić information content (AvgIpc) is 2.87. The minimum absolute atomic E-state index is 0.0330. The van der Waals surface area contributed by atoms with Gasteiger partial charge in [-0.2, -0.15) is 0 Å². The van der Waals surface area contributed by atoms with E-state index in [1.165, 1.54) is 0 Å². The summed E-state index contributed by atoms with van der Waals surface area (Å²) in [7, 11) is 0. The maximum absolute atomic E-state index is 11.0. The van der Waals surface area contributed by atoms with Crippen LogP contribution in [-0.2, 0) is 4.74 Å². The van der Waals surface area contributed by atoms with Gasteiger partial charge in [0.2, 0.25) is 0 Å². The number of ether oxygens (including phenoxy) is 1. The highest BCUT2D eigenvalue weighted by atomic mass is 16.5. The Morgan fingerprint density at radius 3 is 2.38 bits per heavy atom. The quantitative estimate of drug-likeness (QED) is 0.739. The first-order valence-corrected chi connectivity index (χ1v) is 9.76. The van der Waals surface area contributed by atoms with E-state index in [9.17, 15) is 15.3 Å². The fraction of sp³-hybridized carbons (Fsp3) is 1.00. The van der Waals surface area contributed by atoms with Crippen LogP contribution in [0.2, 0.25) is 0 Å². The number of fused-ring (bicyclic) bond motifs is 2. The van der Waals surface area contributed by atoms with Gasteiger partial charge in [-0.15, -0.1) is 0 Å². The molecule has 1 saturated heterocycles. The molecule has 0 amide bonds. The zero-order chi connectivity index (χ0) is 17.8. The molecule has 6 atom stereocenters. The second kappa shape index (κ2) is 5.94. The molecule has 0 aromatic carbocycles. The molecular weight excluding hydrogens is 304 g/mol. The van der Waals surface area contributed by atoms with E-state index in [0.717, 1.165) is 38.5 Å². The van der Waals surface area contributed by atoms with E-state index in [2.05, 4.69) is 27.7 Å². The molecule has 0 aromatic heterocycles. The zero-order valence-corrected chi connectivity index (χ0v) is 15.8. The molecule has 2 saturated carbocycles. The van der Waals surface area contributed by atoms with E-state index < -0.39 is 5.60 Å². The first-order valence-electron chi connectivity index (χ1n) is 9.76. The fourth-order valence-electron chi connectivity index (χ4n) is 6.98. The summed E-state index contributed by atoms with van der Waals surface area (Å²) >= 11 is 0. The molecular formula is C20H36O4. The molecule has 140 valence electrons. The van der Waals surface area contributed by atoms with Gasteiger partial charge in [-0.1, -0.05) is 34.1 Å². The van der Waals surface area contributed by atoms with Crippen molar-refractivity contribution in [2.45, 2.75) is 89.9 Å². The summed E-state index contributed by atoms with van der Waals surface area (Å²) in [6.45, 7) is 9.13. The van der Waals surface area contributed by atoms with Gasteiger partial charge in [0.1, 0.15) is 0 Å². The van der Waals surface area contributed by atoms with Crippen molar-refractivity contribution < 1.29 is 20.1 Å². The Hall–Kier alpha value is -0.160. The van der Waals surface area contributed by atoms with Gasteiger partial charge in [0.15, 0.2) is 0 Å². The third-order valence-corrected chi connectivity index (χ3v) is 7.99. The van der Waals surface area contributed by atoms with E-state index in [0.29, 0.717) is 6.42 Å². The predicted molar refractivity (Wildman–Crippen MR) is 93.6 cm³/mol. The number of aliphatic hydroxyl groups excluding tert-OH is 3. The molecule has 1 heterocycles. The third-order valence-electron chi connectivity index (χ3n) is 7.99. The predicted octanol–water partition coefficient (Wildman–Crippen LogP) is 2.88. The number of hydrogen-bond acceptors (Lipinski definition) is 4. The van der Waals surface area contributed by atoms with Gasteiger partial charge in [-0.05, 0) is 49.4 Å². The van der Waals surface area contributed by atoms with Gasteiger partial charge < -0.3 is 20.1 Å². The molecule has 24 heavy (non-hydrogen) atoms. The minimum atomic E-state index is -0.611. The van der Waals surface area contributed by atoms with E-state index in [-0.39, 0.29) is 47.6 Å². The molecule has 0 bridgehead atoms. The normalized spacial score (nSPS) is 50.9. The first-order chi connectivity index (χ1) is 11.2. The van der Waals surface area contributed by atoms with Crippen LogP contribution in [0.4, 0.5) is 0 Å². The van der Waals surface area contributed by atoms with Crippen molar-refractivity contribution in [1.82, 2.24) is 0 Å². The van der Waals surface area contributed by atoms with Gasteiger partial charge in [0.05, 0.1) is 23.9 Å². The lowest BCUT2D eigenvalue weighted by Crippen LogP contribution is -2.66. The lowest BCUT2D eigenvalue weighted by molar-refractivity contribution is -0.275. The molecule has 3 fully saturated rings. The average molecular weight is 341 g/mol. The van der Waals surface area contributed by atoms with Crippen molar-refractivity contribution in [1.29, 1.82) is 0 Å². The minimum Gasteiger partial charge on any atom is -0.396 e. The van der Waals surface area contributed by atoms with Crippen molar-refractivity contribution >= 4 is 0 Å². The first kappa shape index (κ1) is 18.6. The summed E-state index contributed by atoms with van der Waals surface area (Å²) in [6.07, 6.45) is 6.08. The Bertz CT molecular complexity index is 478. The standard InChI is InChI=1S/C20H36O4/c1-14-12-15(23)16-17(2,3)6-5-7-18(16,4)20(14)9-8-19(13-22,24-20)10-11-21/h14-16,21-23H,5-13H2,1-4H3. The van der Waals surface area contributed by atoms with Crippen molar-refractivity contribution in [3.8, 4) is 0 Å². The van der Waals surface area contributed by atoms with Crippen LogP contribution in [0.1, 0.15) is 72.6 Å². The highest BCUT2D eigenvalue weighted by Crippen LogP contribution is 2.67. The molecule has 6 unspecified atom stereocenters. The maximum Gasteiger partial charge on any atom is 0.0942 e. The molecule has 2 aliphatic carbocycles. The van der Waals surface area contributed by atoms with Crippen LogP contribution in [0, 0.1) is 22.7 Å². The van der Waals surface area contributed by atoms with Gasteiger partial charge in [-0.25, -0.2) is 0 Å². The number of hydrogen-bond donors (Lipinski definition) is 3. The fourth-order valence-corrected chi connectivity index (χ4v) is 6.98. The Morgan fingerprint density at radius 1 is 1.04 bits per heavy atom. The molecule has 1 aliphatic heterocycles. The smallest absolute Gasteiger partial charge is 0.0942 e. The second-order valence-corrected chi connectivity index (χ2v) is 9.75. The SMILES string of the molecule is CC1CC(O)C2C(C)(C)CCCC2(C)C12CCC(CO)(CCO)O2. The van der Waals surface area contributed by atoms with Crippen LogP contribution in [0.15, 0.2) is 0 Å². The molecule has 0 radical (unpaired) electrons. The summed E-state index contributed by atoms with van der Waals surface area (Å²) in [5.41, 5.74) is -0.893. The van der Waals surface area contributed by atoms with Gasteiger partial charge in [-0.3, -0.25) is 0 Å². The zero-order valence-electron chi connectivity index (χ0n) is 15.8. The largest absolute Gasteiger partial charge is 0.396 e. The van der Waals surface area contributed by atoms with E-state index in [1.807, 2.05) is 0 Å². The summed E-state index contributed by atoms with van der Waals surface area (Å²) in [5.74, 6) is 0.480. The van der Waals surface area contributed by atoms with E-state index in [4.69, 9.17) is 4.74 Å². The molecule has 4 heteroatoms. The maximum atomic E-state index is 11.0. The lowest BCUT2D eigenvalue weighted by Gasteiger charge is -2.65. The number of aliphatic hydroxyl groups is 3. The third kappa shape index (κ3) is 2.40. The van der Waals surface area contributed by atoms with Crippen LogP contribution in [0.25, 0.3) is 0 Å². The lowest BCUT2D eigenvalue weighted by atomic mass is 9.43. The van der Waals surface area contributed by atoms with Crippen LogP contribution in [-0.4, -0.2) is 45.8 Å². The van der Waals surface area contributed by atoms with Crippen molar-refractivity contribution in [2.75, 3.05) is 13.2 Å². The van der Waals surface area contributed by atoms with Crippen LogP contribution >= 0.6 is 0 Å². The Kier molecular flexibility index (Phi) is 4.61. The molecule has 3 aliphatic rings. The van der Waals surface area contributed by atoms with Crippen LogP contribution in [0.3, 0.4) is 0 Å². The molecule has 4 nitrogen and oxygen atoms in total. The van der Waals surface area contributed by atoms with Crippen molar-refractivity contribution in [2.24, 2.45) is 22.7 Å².